The van der Waals surface area contributed by atoms with E-state index in [4.69, 9.17) is 16.7 Å². The molecular weight excluding hydrogens is 314 g/mol. The lowest BCUT2D eigenvalue weighted by Crippen LogP contribution is -2.29. The minimum Gasteiger partial charge on any atom is -0.478 e. The zero-order chi connectivity index (χ0) is 15.8. The lowest BCUT2D eigenvalue weighted by Gasteiger charge is -2.18. The monoisotopic (exact) mass is 331 g/mol. The molecule has 1 aliphatic heterocycles. The van der Waals surface area contributed by atoms with E-state index in [0.29, 0.717) is 24.9 Å². The molecule has 1 aromatic rings. The van der Waals surface area contributed by atoms with Crippen molar-refractivity contribution >= 4 is 27.6 Å². The summed E-state index contributed by atoms with van der Waals surface area (Å²) in [5.74, 6) is -0.477. The fourth-order valence-electron chi connectivity index (χ4n) is 2.49. The Bertz CT molecular complexity index is 657. The molecule has 2 rings (SSSR count). The van der Waals surface area contributed by atoms with Crippen molar-refractivity contribution in [3.63, 3.8) is 0 Å². The maximum Gasteiger partial charge on any atom is 0.337 e. The maximum absolute atomic E-state index is 12.6. The van der Waals surface area contributed by atoms with Crippen molar-refractivity contribution in [3.8, 4) is 0 Å². The largest absolute Gasteiger partial charge is 0.478 e. The van der Waals surface area contributed by atoms with E-state index in [1.54, 1.807) is 0 Å². The SMILES string of the molecule is CC(C)C1CCN(S(=O)(=O)c2ccc(Cl)c(C(=O)O)c2)C1. The molecule has 1 unspecified atom stereocenters. The molecule has 1 aromatic carbocycles. The fourth-order valence-corrected chi connectivity index (χ4v) is 4.23. The summed E-state index contributed by atoms with van der Waals surface area (Å²) in [5.41, 5.74) is -0.197. The molecule has 1 N–H and O–H groups in total. The average Bonchev–Trinajstić information content (AvgIpc) is 2.89. The molecule has 0 saturated carbocycles. The van der Waals surface area contributed by atoms with Crippen LogP contribution in [0.3, 0.4) is 0 Å². The first kappa shape index (κ1) is 16.3. The van der Waals surface area contributed by atoms with Crippen LogP contribution in [-0.2, 0) is 10.0 Å². The van der Waals surface area contributed by atoms with Crippen molar-refractivity contribution in [2.24, 2.45) is 11.8 Å². The lowest BCUT2D eigenvalue weighted by molar-refractivity contribution is 0.0697. The van der Waals surface area contributed by atoms with E-state index in [1.807, 2.05) is 0 Å². The highest BCUT2D eigenvalue weighted by Crippen LogP contribution is 2.30. The van der Waals surface area contributed by atoms with Crippen molar-refractivity contribution in [1.82, 2.24) is 4.31 Å². The molecule has 21 heavy (non-hydrogen) atoms. The number of carboxylic acids is 1. The molecule has 0 aliphatic carbocycles. The molecule has 0 amide bonds. The van der Waals surface area contributed by atoms with Crippen LogP contribution in [0.5, 0.6) is 0 Å². The van der Waals surface area contributed by atoms with Gasteiger partial charge in [-0.3, -0.25) is 0 Å². The maximum atomic E-state index is 12.6. The number of hydrogen-bond acceptors (Lipinski definition) is 3. The Morgan fingerprint density at radius 3 is 2.62 bits per heavy atom. The molecule has 116 valence electrons. The summed E-state index contributed by atoms with van der Waals surface area (Å²) >= 11 is 5.78. The topological polar surface area (TPSA) is 74.7 Å². The van der Waals surface area contributed by atoms with Crippen LogP contribution in [0.25, 0.3) is 0 Å². The van der Waals surface area contributed by atoms with Gasteiger partial charge in [-0.25, -0.2) is 13.2 Å². The Hall–Kier alpha value is -1.11. The number of rotatable bonds is 4. The van der Waals surface area contributed by atoms with Crippen molar-refractivity contribution in [3.05, 3.63) is 28.8 Å². The summed E-state index contributed by atoms with van der Waals surface area (Å²) in [7, 11) is -3.67. The highest BCUT2D eigenvalue weighted by molar-refractivity contribution is 7.89. The van der Waals surface area contributed by atoms with Crippen LogP contribution in [-0.4, -0.2) is 36.9 Å². The molecule has 1 aliphatic rings. The van der Waals surface area contributed by atoms with Crippen LogP contribution in [0, 0.1) is 11.8 Å². The first-order valence-corrected chi connectivity index (χ1v) is 8.58. The number of carboxylic acid groups (broad SMARTS) is 1. The smallest absolute Gasteiger partial charge is 0.337 e. The second-order valence-corrected chi connectivity index (χ2v) is 7.95. The van der Waals surface area contributed by atoms with Gasteiger partial charge in [0.15, 0.2) is 0 Å². The Labute approximate surface area is 129 Å². The van der Waals surface area contributed by atoms with Crippen molar-refractivity contribution in [2.45, 2.75) is 25.2 Å². The molecule has 0 radical (unpaired) electrons. The molecule has 0 spiro atoms. The number of carbonyl (C=O) groups is 1. The molecule has 5 nitrogen and oxygen atoms in total. The van der Waals surface area contributed by atoms with Crippen LogP contribution in [0.15, 0.2) is 23.1 Å². The Morgan fingerprint density at radius 1 is 1.43 bits per heavy atom. The van der Waals surface area contributed by atoms with Crippen LogP contribution in [0.2, 0.25) is 5.02 Å². The summed E-state index contributed by atoms with van der Waals surface area (Å²) in [6, 6.07) is 3.80. The Morgan fingerprint density at radius 2 is 2.10 bits per heavy atom. The first-order chi connectivity index (χ1) is 9.73. The number of aromatic carboxylic acids is 1. The zero-order valence-corrected chi connectivity index (χ0v) is 13.5. The summed E-state index contributed by atoms with van der Waals surface area (Å²) in [5, 5.41) is 9.07. The summed E-state index contributed by atoms with van der Waals surface area (Å²) in [6.07, 6.45) is 0.830. The van der Waals surface area contributed by atoms with E-state index in [9.17, 15) is 13.2 Å². The van der Waals surface area contributed by atoms with Crippen molar-refractivity contribution in [1.29, 1.82) is 0 Å². The normalized spacial score (nSPS) is 20.1. The van der Waals surface area contributed by atoms with E-state index in [2.05, 4.69) is 13.8 Å². The minimum absolute atomic E-state index is 0.0197. The summed E-state index contributed by atoms with van der Waals surface area (Å²) in [6.45, 7) is 5.10. The Balaban J connectivity index is 2.33. The average molecular weight is 332 g/mol. The van der Waals surface area contributed by atoms with Gasteiger partial charge in [0.05, 0.1) is 15.5 Å². The number of benzene rings is 1. The third-order valence-electron chi connectivity index (χ3n) is 3.94. The number of hydrogen-bond donors (Lipinski definition) is 1. The summed E-state index contributed by atoms with van der Waals surface area (Å²) in [4.78, 5) is 11.1. The molecule has 1 atom stereocenters. The molecule has 7 heteroatoms. The van der Waals surface area contributed by atoms with Gasteiger partial charge in [0.2, 0.25) is 10.0 Å². The van der Waals surface area contributed by atoms with Crippen LogP contribution in [0.4, 0.5) is 0 Å². The highest BCUT2D eigenvalue weighted by atomic mass is 35.5. The van der Waals surface area contributed by atoms with Crippen LogP contribution >= 0.6 is 11.6 Å². The fraction of sp³-hybridized carbons (Fsp3) is 0.500. The van der Waals surface area contributed by atoms with Gasteiger partial charge in [-0.1, -0.05) is 25.4 Å². The third-order valence-corrected chi connectivity index (χ3v) is 6.13. The first-order valence-electron chi connectivity index (χ1n) is 6.76. The Kier molecular flexibility index (Phi) is 4.60. The molecule has 1 fully saturated rings. The predicted octanol–water partition coefficient (Wildman–Crippen LogP) is 2.70. The molecule has 0 aromatic heterocycles. The van der Waals surface area contributed by atoms with Gasteiger partial charge >= 0.3 is 5.97 Å². The molecular formula is C14H18ClNO4S. The standard InChI is InChI=1S/C14H18ClNO4S/c1-9(2)10-5-6-16(8-10)21(19,20)11-3-4-13(15)12(7-11)14(17)18/h3-4,7,9-10H,5-6,8H2,1-2H3,(H,17,18). The second kappa shape index (κ2) is 5.94. The van der Waals surface area contributed by atoms with E-state index in [-0.39, 0.29) is 15.5 Å². The number of sulfonamides is 1. The zero-order valence-electron chi connectivity index (χ0n) is 11.9. The van der Waals surface area contributed by atoms with Gasteiger partial charge in [-0.15, -0.1) is 0 Å². The molecule has 1 heterocycles. The van der Waals surface area contributed by atoms with Crippen LogP contribution < -0.4 is 0 Å². The van der Waals surface area contributed by atoms with Gasteiger partial charge in [-0.05, 0) is 36.5 Å². The molecule has 1 saturated heterocycles. The van der Waals surface area contributed by atoms with E-state index in [1.165, 1.54) is 16.4 Å². The third kappa shape index (κ3) is 3.22. The summed E-state index contributed by atoms with van der Waals surface area (Å²) < 4.78 is 26.6. The van der Waals surface area contributed by atoms with Gasteiger partial charge < -0.3 is 5.11 Å². The number of halogens is 1. The van der Waals surface area contributed by atoms with Gasteiger partial charge in [0.25, 0.3) is 0 Å². The van der Waals surface area contributed by atoms with E-state index >= 15 is 0 Å². The second-order valence-electron chi connectivity index (χ2n) is 5.60. The van der Waals surface area contributed by atoms with E-state index in [0.717, 1.165) is 12.5 Å². The van der Waals surface area contributed by atoms with Crippen molar-refractivity contribution < 1.29 is 18.3 Å². The van der Waals surface area contributed by atoms with Gasteiger partial charge in [0, 0.05) is 13.1 Å². The quantitative estimate of drug-likeness (QED) is 0.920. The van der Waals surface area contributed by atoms with Crippen LogP contribution in [0.1, 0.15) is 30.6 Å². The molecule has 0 bridgehead atoms. The van der Waals surface area contributed by atoms with Gasteiger partial charge in [0.1, 0.15) is 0 Å². The predicted molar refractivity (Wildman–Crippen MR) is 80.1 cm³/mol. The van der Waals surface area contributed by atoms with E-state index < -0.39 is 16.0 Å². The lowest BCUT2D eigenvalue weighted by atomic mass is 9.96. The van der Waals surface area contributed by atoms with Gasteiger partial charge in [-0.2, -0.15) is 4.31 Å². The minimum atomic E-state index is -3.67. The van der Waals surface area contributed by atoms with Crippen molar-refractivity contribution in [2.75, 3.05) is 13.1 Å². The highest BCUT2D eigenvalue weighted by Gasteiger charge is 2.34. The number of nitrogens with zero attached hydrogens (tertiary/aromatic N) is 1.